The van der Waals surface area contributed by atoms with Crippen LogP contribution in [0.25, 0.3) is 0 Å². The Labute approximate surface area is 98.4 Å². The maximum absolute atomic E-state index is 12.1. The molecular formula is C13H24N2O. The zero-order valence-electron chi connectivity index (χ0n) is 10.7. The second kappa shape index (κ2) is 4.36. The number of hydrogen-bond acceptors (Lipinski definition) is 2. The Morgan fingerprint density at radius 3 is 2.62 bits per heavy atom. The molecule has 1 heterocycles. The summed E-state index contributed by atoms with van der Waals surface area (Å²) in [6, 6.07) is 0.412. The Bertz CT molecular complexity index is 275. The minimum Gasteiger partial charge on any atom is -0.353 e. The number of amides is 1. The maximum Gasteiger partial charge on any atom is 0.224 e. The van der Waals surface area contributed by atoms with E-state index in [1.807, 2.05) is 0 Å². The van der Waals surface area contributed by atoms with E-state index in [9.17, 15) is 4.79 Å². The fourth-order valence-corrected chi connectivity index (χ4v) is 3.03. The zero-order chi connectivity index (χ0) is 11.8. The van der Waals surface area contributed by atoms with Gasteiger partial charge in [0.15, 0.2) is 0 Å². The molecule has 16 heavy (non-hydrogen) atoms. The van der Waals surface area contributed by atoms with Crippen LogP contribution in [0.1, 0.15) is 40.0 Å². The first-order valence-corrected chi connectivity index (χ1v) is 6.49. The molecule has 3 heteroatoms. The molecule has 1 amide bonds. The van der Waals surface area contributed by atoms with Gasteiger partial charge in [0.2, 0.25) is 5.91 Å². The maximum atomic E-state index is 12.1. The van der Waals surface area contributed by atoms with Crippen molar-refractivity contribution in [1.82, 2.24) is 10.6 Å². The summed E-state index contributed by atoms with van der Waals surface area (Å²) in [5.41, 5.74) is 0.414. The average Bonchev–Trinajstić information content (AvgIpc) is 2.72. The topological polar surface area (TPSA) is 41.1 Å². The summed E-state index contributed by atoms with van der Waals surface area (Å²) < 4.78 is 0. The number of nitrogens with one attached hydrogen (secondary N) is 2. The van der Waals surface area contributed by atoms with Crippen LogP contribution in [-0.4, -0.2) is 25.0 Å². The van der Waals surface area contributed by atoms with Crippen LogP contribution in [-0.2, 0) is 4.79 Å². The smallest absolute Gasteiger partial charge is 0.224 e. The van der Waals surface area contributed by atoms with Gasteiger partial charge in [-0.15, -0.1) is 0 Å². The second-order valence-electron chi connectivity index (χ2n) is 6.35. The molecule has 0 aromatic rings. The summed E-state index contributed by atoms with van der Waals surface area (Å²) in [5, 5.41) is 6.51. The van der Waals surface area contributed by atoms with E-state index in [0.29, 0.717) is 17.4 Å². The summed E-state index contributed by atoms with van der Waals surface area (Å²) in [4.78, 5) is 12.1. The number of carbonyl (C=O) groups is 1. The molecule has 1 aliphatic heterocycles. The normalized spacial score (nSPS) is 37.6. The van der Waals surface area contributed by atoms with E-state index in [1.165, 1.54) is 6.42 Å². The van der Waals surface area contributed by atoms with Crippen molar-refractivity contribution in [2.75, 3.05) is 13.1 Å². The molecule has 1 saturated heterocycles. The lowest BCUT2D eigenvalue weighted by atomic mass is 9.91. The molecule has 0 aromatic carbocycles. The fraction of sp³-hybridized carbons (Fsp3) is 0.923. The van der Waals surface area contributed by atoms with E-state index in [-0.39, 0.29) is 11.8 Å². The standard InChI is InChI=1S/C13H24N2O/c1-9-7-14-8-11(9)12(16)15-10-4-5-13(2,3)6-10/h9-11,14H,4-8H2,1-3H3,(H,15,16). The van der Waals surface area contributed by atoms with Gasteiger partial charge < -0.3 is 10.6 Å². The van der Waals surface area contributed by atoms with Gasteiger partial charge in [-0.2, -0.15) is 0 Å². The predicted molar refractivity (Wildman–Crippen MR) is 65.1 cm³/mol. The molecular weight excluding hydrogens is 200 g/mol. The van der Waals surface area contributed by atoms with Crippen LogP contribution in [0.4, 0.5) is 0 Å². The highest BCUT2D eigenvalue weighted by atomic mass is 16.2. The third kappa shape index (κ3) is 2.57. The number of rotatable bonds is 2. The third-order valence-electron chi connectivity index (χ3n) is 4.17. The molecule has 1 aliphatic carbocycles. The van der Waals surface area contributed by atoms with E-state index in [0.717, 1.165) is 25.9 Å². The van der Waals surface area contributed by atoms with E-state index >= 15 is 0 Å². The van der Waals surface area contributed by atoms with Gasteiger partial charge in [0, 0.05) is 12.6 Å². The molecule has 0 aromatic heterocycles. The van der Waals surface area contributed by atoms with Gasteiger partial charge in [-0.1, -0.05) is 20.8 Å². The second-order valence-corrected chi connectivity index (χ2v) is 6.35. The van der Waals surface area contributed by atoms with Crippen molar-refractivity contribution in [3.8, 4) is 0 Å². The molecule has 92 valence electrons. The monoisotopic (exact) mass is 224 g/mol. The van der Waals surface area contributed by atoms with Gasteiger partial charge >= 0.3 is 0 Å². The Morgan fingerprint density at radius 1 is 1.38 bits per heavy atom. The molecule has 0 radical (unpaired) electrons. The first-order chi connectivity index (χ1) is 7.48. The van der Waals surface area contributed by atoms with E-state index in [2.05, 4.69) is 31.4 Å². The fourth-order valence-electron chi connectivity index (χ4n) is 3.03. The highest BCUT2D eigenvalue weighted by molar-refractivity contribution is 5.79. The van der Waals surface area contributed by atoms with Gasteiger partial charge in [0.05, 0.1) is 5.92 Å². The van der Waals surface area contributed by atoms with Crippen LogP contribution in [0.3, 0.4) is 0 Å². The van der Waals surface area contributed by atoms with Crippen molar-refractivity contribution >= 4 is 5.91 Å². The third-order valence-corrected chi connectivity index (χ3v) is 4.17. The summed E-state index contributed by atoms with van der Waals surface area (Å²) in [5.74, 6) is 0.929. The Kier molecular flexibility index (Phi) is 3.24. The van der Waals surface area contributed by atoms with Gasteiger partial charge in [0.1, 0.15) is 0 Å². The average molecular weight is 224 g/mol. The molecule has 0 spiro atoms. The van der Waals surface area contributed by atoms with E-state index in [1.54, 1.807) is 0 Å². The van der Waals surface area contributed by atoms with Crippen LogP contribution >= 0.6 is 0 Å². The lowest BCUT2D eigenvalue weighted by Crippen LogP contribution is -2.40. The first-order valence-electron chi connectivity index (χ1n) is 6.49. The number of carbonyl (C=O) groups excluding carboxylic acids is 1. The quantitative estimate of drug-likeness (QED) is 0.747. The largest absolute Gasteiger partial charge is 0.353 e. The lowest BCUT2D eigenvalue weighted by molar-refractivity contribution is -0.126. The highest BCUT2D eigenvalue weighted by Gasteiger charge is 2.35. The Balaban J connectivity index is 1.84. The molecule has 2 fully saturated rings. The van der Waals surface area contributed by atoms with Crippen molar-refractivity contribution in [1.29, 1.82) is 0 Å². The van der Waals surface area contributed by atoms with Crippen LogP contribution in [0, 0.1) is 17.3 Å². The minimum absolute atomic E-state index is 0.184. The van der Waals surface area contributed by atoms with E-state index in [4.69, 9.17) is 0 Å². The summed E-state index contributed by atoms with van der Waals surface area (Å²) in [6.07, 6.45) is 3.51. The van der Waals surface area contributed by atoms with Crippen molar-refractivity contribution in [3.63, 3.8) is 0 Å². The molecule has 2 aliphatic rings. The first kappa shape index (κ1) is 11.9. The lowest BCUT2D eigenvalue weighted by Gasteiger charge is -2.20. The highest BCUT2D eigenvalue weighted by Crippen LogP contribution is 2.37. The molecule has 0 bridgehead atoms. The van der Waals surface area contributed by atoms with Crippen molar-refractivity contribution in [2.24, 2.45) is 17.3 Å². The van der Waals surface area contributed by atoms with Gasteiger partial charge in [-0.25, -0.2) is 0 Å². The minimum atomic E-state index is 0.184. The Hall–Kier alpha value is -0.570. The van der Waals surface area contributed by atoms with Gasteiger partial charge in [-0.05, 0) is 37.1 Å². The molecule has 3 atom stereocenters. The summed E-state index contributed by atoms with van der Waals surface area (Å²) in [6.45, 7) is 8.57. The van der Waals surface area contributed by atoms with E-state index < -0.39 is 0 Å². The molecule has 2 N–H and O–H groups in total. The summed E-state index contributed by atoms with van der Waals surface area (Å²) in [7, 11) is 0. The molecule has 3 unspecified atom stereocenters. The summed E-state index contributed by atoms with van der Waals surface area (Å²) >= 11 is 0. The Morgan fingerprint density at radius 2 is 2.12 bits per heavy atom. The van der Waals surface area contributed by atoms with Gasteiger partial charge in [0.25, 0.3) is 0 Å². The predicted octanol–water partition coefficient (Wildman–Crippen LogP) is 1.54. The van der Waals surface area contributed by atoms with Crippen LogP contribution in [0.15, 0.2) is 0 Å². The molecule has 1 saturated carbocycles. The SMILES string of the molecule is CC1CNCC1C(=O)NC1CCC(C)(C)C1. The van der Waals surface area contributed by atoms with Crippen LogP contribution in [0.5, 0.6) is 0 Å². The van der Waals surface area contributed by atoms with Crippen LogP contribution < -0.4 is 10.6 Å². The molecule has 3 nitrogen and oxygen atoms in total. The molecule has 2 rings (SSSR count). The van der Waals surface area contributed by atoms with Gasteiger partial charge in [-0.3, -0.25) is 4.79 Å². The van der Waals surface area contributed by atoms with Crippen LogP contribution in [0.2, 0.25) is 0 Å². The van der Waals surface area contributed by atoms with Crippen molar-refractivity contribution < 1.29 is 4.79 Å². The zero-order valence-corrected chi connectivity index (χ0v) is 10.7. The van der Waals surface area contributed by atoms with Crippen molar-refractivity contribution in [3.05, 3.63) is 0 Å². The number of hydrogen-bond donors (Lipinski definition) is 2. The van der Waals surface area contributed by atoms with Crippen molar-refractivity contribution in [2.45, 2.75) is 46.1 Å².